The molecule has 1 rings (SSSR count). The van der Waals surface area contributed by atoms with Gasteiger partial charge in [0.25, 0.3) is 0 Å². The zero-order valence-corrected chi connectivity index (χ0v) is 10.0. The van der Waals surface area contributed by atoms with Crippen LogP contribution in [-0.2, 0) is 9.47 Å². The third-order valence-corrected chi connectivity index (χ3v) is 2.79. The van der Waals surface area contributed by atoms with Gasteiger partial charge in [0.05, 0.1) is 12.7 Å². The van der Waals surface area contributed by atoms with Crippen LogP contribution in [0.2, 0.25) is 0 Å². The zero-order valence-electron chi connectivity index (χ0n) is 10.0. The minimum atomic E-state index is -1.22. The Morgan fingerprint density at radius 3 is 2.31 bits per heavy atom. The Bertz CT molecular complexity index is 209. The van der Waals surface area contributed by atoms with E-state index in [-0.39, 0.29) is 0 Å². The lowest BCUT2D eigenvalue weighted by molar-refractivity contribution is -0.293. The maximum atomic E-state index is 9.63. The van der Waals surface area contributed by atoms with E-state index in [4.69, 9.17) is 9.47 Å². The molecule has 0 bridgehead atoms. The van der Waals surface area contributed by atoms with Gasteiger partial charge in [-0.05, 0) is 19.3 Å². The number of hydrogen-bond donors (Lipinski definition) is 3. The summed E-state index contributed by atoms with van der Waals surface area (Å²) in [4.78, 5) is 0. The highest BCUT2D eigenvalue weighted by Crippen LogP contribution is 2.22. The molecule has 5 heteroatoms. The largest absolute Gasteiger partial charge is 0.388 e. The second kappa shape index (κ2) is 5.93. The van der Waals surface area contributed by atoms with E-state index in [1.54, 1.807) is 6.92 Å². The smallest absolute Gasteiger partial charge is 0.186 e. The highest BCUT2D eigenvalue weighted by molar-refractivity contribution is 4.87. The van der Waals surface area contributed by atoms with Crippen molar-refractivity contribution >= 4 is 0 Å². The summed E-state index contributed by atoms with van der Waals surface area (Å²) in [6.07, 6.45) is -4.01. The summed E-state index contributed by atoms with van der Waals surface area (Å²) in [7, 11) is 0. The standard InChI is InChI=1S/C11H22O5/c1-6(2)4-5-15-11-10(14)9(13)8(12)7(3)16-11/h6-14H,4-5H2,1-3H3/t7-,8-,9+,10+,11+/m0/s1. The van der Waals surface area contributed by atoms with Crippen LogP contribution in [0.3, 0.4) is 0 Å². The molecule has 1 aliphatic heterocycles. The highest BCUT2D eigenvalue weighted by atomic mass is 16.7. The van der Waals surface area contributed by atoms with Crippen molar-refractivity contribution in [1.82, 2.24) is 0 Å². The first-order valence-electron chi connectivity index (χ1n) is 5.74. The van der Waals surface area contributed by atoms with Crippen molar-refractivity contribution in [3.05, 3.63) is 0 Å². The van der Waals surface area contributed by atoms with Crippen molar-refractivity contribution in [2.24, 2.45) is 5.92 Å². The van der Waals surface area contributed by atoms with E-state index >= 15 is 0 Å². The summed E-state index contributed by atoms with van der Waals surface area (Å²) >= 11 is 0. The Hall–Kier alpha value is -0.200. The summed E-state index contributed by atoms with van der Waals surface area (Å²) in [5.74, 6) is 0.508. The van der Waals surface area contributed by atoms with Crippen molar-refractivity contribution in [1.29, 1.82) is 0 Å². The van der Waals surface area contributed by atoms with Crippen LogP contribution < -0.4 is 0 Å². The van der Waals surface area contributed by atoms with Gasteiger partial charge in [0, 0.05) is 0 Å². The van der Waals surface area contributed by atoms with E-state index in [0.717, 1.165) is 6.42 Å². The van der Waals surface area contributed by atoms with Gasteiger partial charge in [0.1, 0.15) is 18.3 Å². The second-order valence-corrected chi connectivity index (χ2v) is 4.73. The van der Waals surface area contributed by atoms with Gasteiger partial charge < -0.3 is 24.8 Å². The molecule has 0 aliphatic carbocycles. The fourth-order valence-electron chi connectivity index (χ4n) is 1.57. The minimum Gasteiger partial charge on any atom is -0.388 e. The molecule has 5 nitrogen and oxygen atoms in total. The molecule has 96 valence electrons. The van der Waals surface area contributed by atoms with Crippen LogP contribution in [0.1, 0.15) is 27.2 Å². The predicted molar refractivity (Wildman–Crippen MR) is 57.8 cm³/mol. The fraction of sp³-hybridized carbons (Fsp3) is 1.00. The lowest BCUT2D eigenvalue weighted by Gasteiger charge is -2.39. The van der Waals surface area contributed by atoms with Crippen molar-refractivity contribution < 1.29 is 24.8 Å². The molecular weight excluding hydrogens is 212 g/mol. The second-order valence-electron chi connectivity index (χ2n) is 4.73. The molecule has 5 atom stereocenters. The topological polar surface area (TPSA) is 79.2 Å². The molecule has 0 unspecified atom stereocenters. The van der Waals surface area contributed by atoms with Crippen molar-refractivity contribution in [2.45, 2.75) is 57.9 Å². The molecule has 1 fully saturated rings. The monoisotopic (exact) mass is 234 g/mol. The van der Waals surface area contributed by atoms with Crippen LogP contribution in [0.5, 0.6) is 0 Å². The van der Waals surface area contributed by atoms with Gasteiger partial charge in [-0.25, -0.2) is 0 Å². The van der Waals surface area contributed by atoms with E-state index in [2.05, 4.69) is 13.8 Å². The average Bonchev–Trinajstić information content (AvgIpc) is 2.22. The van der Waals surface area contributed by atoms with Crippen LogP contribution in [0.4, 0.5) is 0 Å². The van der Waals surface area contributed by atoms with E-state index in [1.807, 2.05) is 0 Å². The Kier molecular flexibility index (Phi) is 5.14. The fourth-order valence-corrected chi connectivity index (χ4v) is 1.57. The summed E-state index contributed by atoms with van der Waals surface area (Å²) in [6, 6.07) is 0. The molecule has 0 amide bonds. The van der Waals surface area contributed by atoms with E-state index in [1.165, 1.54) is 0 Å². The van der Waals surface area contributed by atoms with E-state index in [0.29, 0.717) is 12.5 Å². The van der Waals surface area contributed by atoms with Crippen LogP contribution in [0.25, 0.3) is 0 Å². The van der Waals surface area contributed by atoms with Gasteiger partial charge in [0.2, 0.25) is 0 Å². The zero-order chi connectivity index (χ0) is 12.3. The molecule has 0 radical (unpaired) electrons. The molecule has 0 aromatic heterocycles. The molecule has 0 spiro atoms. The normalized spacial score (nSPS) is 40.3. The average molecular weight is 234 g/mol. The number of aliphatic hydroxyl groups is 3. The third kappa shape index (κ3) is 3.40. The number of hydrogen-bond acceptors (Lipinski definition) is 5. The molecule has 16 heavy (non-hydrogen) atoms. The number of ether oxygens (including phenoxy) is 2. The van der Waals surface area contributed by atoms with Gasteiger partial charge in [-0.1, -0.05) is 13.8 Å². The molecule has 1 heterocycles. The van der Waals surface area contributed by atoms with Crippen LogP contribution in [-0.4, -0.2) is 52.6 Å². The third-order valence-electron chi connectivity index (χ3n) is 2.79. The highest BCUT2D eigenvalue weighted by Gasteiger charge is 2.42. The molecule has 1 saturated heterocycles. The number of aliphatic hydroxyl groups excluding tert-OH is 3. The van der Waals surface area contributed by atoms with Gasteiger partial charge in [0.15, 0.2) is 6.29 Å². The first kappa shape index (κ1) is 13.9. The molecule has 0 saturated carbocycles. The predicted octanol–water partition coefficient (Wildman–Crippen LogP) is -0.123. The Morgan fingerprint density at radius 2 is 1.75 bits per heavy atom. The van der Waals surface area contributed by atoms with Gasteiger partial charge in [-0.2, -0.15) is 0 Å². The molecule has 0 aromatic rings. The van der Waals surface area contributed by atoms with Gasteiger partial charge >= 0.3 is 0 Å². The maximum absolute atomic E-state index is 9.63. The Labute approximate surface area is 96.0 Å². The van der Waals surface area contributed by atoms with Gasteiger partial charge in [-0.3, -0.25) is 0 Å². The summed E-state index contributed by atoms with van der Waals surface area (Å²) in [5, 5.41) is 28.6. The van der Waals surface area contributed by atoms with E-state index < -0.39 is 30.7 Å². The molecule has 1 aliphatic rings. The lowest BCUT2D eigenvalue weighted by atomic mass is 10.00. The van der Waals surface area contributed by atoms with Gasteiger partial charge in [-0.15, -0.1) is 0 Å². The molecule has 0 aromatic carbocycles. The first-order valence-corrected chi connectivity index (χ1v) is 5.74. The van der Waals surface area contributed by atoms with Crippen molar-refractivity contribution in [3.8, 4) is 0 Å². The Morgan fingerprint density at radius 1 is 1.12 bits per heavy atom. The van der Waals surface area contributed by atoms with Crippen LogP contribution in [0, 0.1) is 5.92 Å². The van der Waals surface area contributed by atoms with Crippen LogP contribution in [0.15, 0.2) is 0 Å². The lowest BCUT2D eigenvalue weighted by Crippen LogP contribution is -2.57. The van der Waals surface area contributed by atoms with Crippen LogP contribution >= 0.6 is 0 Å². The quantitative estimate of drug-likeness (QED) is 0.632. The van der Waals surface area contributed by atoms with Crippen molar-refractivity contribution in [3.63, 3.8) is 0 Å². The SMILES string of the molecule is CC(C)CCO[C@@H]1O[C@@H](C)[C@H](O)[C@@H](O)[C@H]1O. The summed E-state index contributed by atoms with van der Waals surface area (Å²) in [5.41, 5.74) is 0. The summed E-state index contributed by atoms with van der Waals surface area (Å²) < 4.78 is 10.6. The first-order chi connectivity index (χ1) is 7.43. The maximum Gasteiger partial charge on any atom is 0.186 e. The summed E-state index contributed by atoms with van der Waals surface area (Å²) in [6.45, 7) is 6.25. The van der Waals surface area contributed by atoms with E-state index in [9.17, 15) is 15.3 Å². The number of rotatable bonds is 4. The minimum absolute atomic E-state index is 0.467. The molecule has 3 N–H and O–H groups in total. The van der Waals surface area contributed by atoms with Crippen molar-refractivity contribution in [2.75, 3.05) is 6.61 Å². The Balaban J connectivity index is 2.41. The molecular formula is C11H22O5.